The number of hydrogen-bond acceptors (Lipinski definition) is 1. The molecule has 0 N–H and O–H groups in total. The van der Waals surface area contributed by atoms with Crippen LogP contribution in [0, 0.1) is 5.92 Å². The molecule has 0 aromatic heterocycles. The maximum Gasteiger partial charge on any atom is 0.0678 e. The lowest BCUT2D eigenvalue weighted by Crippen LogP contribution is -2.26. The van der Waals surface area contributed by atoms with Crippen molar-refractivity contribution in [3.05, 3.63) is 0 Å². The normalized spacial score (nSPS) is 34.2. The van der Waals surface area contributed by atoms with Gasteiger partial charge in [-0.15, -0.1) is 0 Å². The van der Waals surface area contributed by atoms with E-state index in [0.717, 1.165) is 5.92 Å². The van der Waals surface area contributed by atoms with Crippen molar-refractivity contribution in [2.24, 2.45) is 5.92 Å². The van der Waals surface area contributed by atoms with E-state index in [1.807, 2.05) is 21.0 Å². The van der Waals surface area contributed by atoms with Gasteiger partial charge in [0, 0.05) is 7.11 Å². The van der Waals surface area contributed by atoms with Gasteiger partial charge in [0.25, 0.3) is 0 Å². The van der Waals surface area contributed by atoms with E-state index < -0.39 is 0 Å². The van der Waals surface area contributed by atoms with Crippen molar-refractivity contribution in [3.8, 4) is 0 Å². The topological polar surface area (TPSA) is 9.23 Å². The minimum atomic E-state index is 0.249. The van der Waals surface area contributed by atoms with Gasteiger partial charge in [-0.25, -0.2) is 0 Å². The zero-order chi connectivity index (χ0) is 9.61. The van der Waals surface area contributed by atoms with Crippen molar-refractivity contribution in [2.45, 2.75) is 59.0 Å². The summed E-state index contributed by atoms with van der Waals surface area (Å²) in [6, 6.07) is 0. The molecule has 0 aliphatic heterocycles. The van der Waals surface area contributed by atoms with Gasteiger partial charge in [-0.2, -0.15) is 0 Å². The molecular weight excluding hydrogens is 148 g/mol. The van der Waals surface area contributed by atoms with Crippen LogP contribution >= 0.6 is 0 Å². The summed E-state index contributed by atoms with van der Waals surface area (Å²) < 4.78 is 5.52. The van der Waals surface area contributed by atoms with Gasteiger partial charge in [0.2, 0.25) is 0 Å². The molecule has 0 spiro atoms. The molecule has 1 unspecified atom stereocenters. The van der Waals surface area contributed by atoms with Gasteiger partial charge in [-0.05, 0) is 31.6 Å². The highest BCUT2D eigenvalue weighted by Gasteiger charge is 2.35. The fraction of sp³-hybridized carbons (Fsp3) is 1.00. The summed E-state index contributed by atoms with van der Waals surface area (Å²) in [4.78, 5) is 0. The minimum Gasteiger partial charge on any atom is -0.378 e. The van der Waals surface area contributed by atoms with E-state index >= 15 is 0 Å². The Labute approximate surface area is 77.5 Å². The van der Waals surface area contributed by atoms with Crippen molar-refractivity contribution in [3.63, 3.8) is 0 Å². The SMILES string of the molecule is CC.CC[C@]1(OC)CCC(C)C1. The molecular formula is C11H24O. The Balaban J connectivity index is 0.000000561. The Kier molecular flexibility index (Phi) is 5.56. The average Bonchev–Trinajstić information content (AvgIpc) is 2.52. The molecule has 0 saturated heterocycles. The maximum atomic E-state index is 5.52. The standard InChI is InChI=1S/C9H18O.C2H6/c1-4-9(10-3)6-5-8(2)7-9;1-2/h8H,4-7H2,1-3H3;1-2H3/t8?,9-;/m0./s1. The third-order valence-corrected chi connectivity index (χ3v) is 2.89. The minimum absolute atomic E-state index is 0.249. The number of ether oxygens (including phenoxy) is 1. The Morgan fingerprint density at radius 1 is 1.42 bits per heavy atom. The van der Waals surface area contributed by atoms with Crippen molar-refractivity contribution >= 4 is 0 Å². The molecule has 0 heterocycles. The third kappa shape index (κ3) is 2.78. The van der Waals surface area contributed by atoms with Crippen LogP contribution in [0.25, 0.3) is 0 Å². The first kappa shape index (κ1) is 12.0. The predicted octanol–water partition coefficient (Wildman–Crippen LogP) is 3.63. The molecule has 0 aromatic carbocycles. The summed E-state index contributed by atoms with van der Waals surface area (Å²) in [5.74, 6) is 0.875. The summed E-state index contributed by atoms with van der Waals surface area (Å²) in [7, 11) is 1.85. The summed E-state index contributed by atoms with van der Waals surface area (Å²) >= 11 is 0. The molecule has 0 bridgehead atoms. The summed E-state index contributed by atoms with van der Waals surface area (Å²) in [5.41, 5.74) is 0.249. The van der Waals surface area contributed by atoms with Gasteiger partial charge in [0.15, 0.2) is 0 Å². The van der Waals surface area contributed by atoms with Crippen LogP contribution in [0.5, 0.6) is 0 Å². The zero-order valence-corrected chi connectivity index (χ0v) is 9.31. The van der Waals surface area contributed by atoms with Gasteiger partial charge in [-0.3, -0.25) is 0 Å². The fourth-order valence-electron chi connectivity index (χ4n) is 2.00. The van der Waals surface area contributed by atoms with E-state index in [1.54, 1.807) is 0 Å². The molecule has 1 saturated carbocycles. The Morgan fingerprint density at radius 3 is 2.17 bits per heavy atom. The quantitative estimate of drug-likeness (QED) is 0.618. The third-order valence-electron chi connectivity index (χ3n) is 2.89. The fourth-order valence-corrected chi connectivity index (χ4v) is 2.00. The highest BCUT2D eigenvalue weighted by atomic mass is 16.5. The van der Waals surface area contributed by atoms with Crippen molar-refractivity contribution in [1.29, 1.82) is 0 Å². The second-order valence-corrected chi connectivity index (χ2v) is 3.59. The van der Waals surface area contributed by atoms with Crippen molar-refractivity contribution in [2.75, 3.05) is 7.11 Å². The van der Waals surface area contributed by atoms with Crippen LogP contribution in [-0.2, 0) is 4.74 Å². The molecule has 0 amide bonds. The second kappa shape index (κ2) is 5.58. The molecule has 1 nitrogen and oxygen atoms in total. The summed E-state index contributed by atoms with van der Waals surface area (Å²) in [6.45, 7) is 8.54. The molecule has 1 heteroatoms. The average molecular weight is 172 g/mol. The molecule has 0 aromatic rings. The smallest absolute Gasteiger partial charge is 0.0678 e. The molecule has 0 radical (unpaired) electrons. The monoisotopic (exact) mass is 172 g/mol. The van der Waals surface area contributed by atoms with Crippen LogP contribution in [0.3, 0.4) is 0 Å². The van der Waals surface area contributed by atoms with Gasteiger partial charge >= 0.3 is 0 Å². The van der Waals surface area contributed by atoms with E-state index in [2.05, 4.69) is 13.8 Å². The molecule has 1 fully saturated rings. The van der Waals surface area contributed by atoms with Crippen molar-refractivity contribution < 1.29 is 4.74 Å². The highest BCUT2D eigenvalue weighted by molar-refractivity contribution is 4.87. The maximum absolute atomic E-state index is 5.52. The molecule has 1 aliphatic carbocycles. The number of methoxy groups -OCH3 is 1. The van der Waals surface area contributed by atoms with E-state index in [4.69, 9.17) is 4.74 Å². The second-order valence-electron chi connectivity index (χ2n) is 3.59. The molecule has 2 atom stereocenters. The molecule has 12 heavy (non-hydrogen) atoms. The first-order chi connectivity index (χ1) is 5.72. The van der Waals surface area contributed by atoms with Crippen LogP contribution in [0.15, 0.2) is 0 Å². The Bertz CT molecular complexity index is 106. The van der Waals surface area contributed by atoms with E-state index in [0.29, 0.717) is 0 Å². The predicted molar refractivity (Wildman–Crippen MR) is 54.4 cm³/mol. The lowest BCUT2D eigenvalue weighted by Gasteiger charge is -2.25. The van der Waals surface area contributed by atoms with Crippen LogP contribution in [0.4, 0.5) is 0 Å². The summed E-state index contributed by atoms with van der Waals surface area (Å²) in [5, 5.41) is 0. The number of hydrogen-bond donors (Lipinski definition) is 0. The lowest BCUT2D eigenvalue weighted by atomic mass is 9.97. The molecule has 1 aliphatic rings. The zero-order valence-electron chi connectivity index (χ0n) is 9.31. The van der Waals surface area contributed by atoms with E-state index in [9.17, 15) is 0 Å². The van der Waals surface area contributed by atoms with E-state index in [1.165, 1.54) is 25.7 Å². The van der Waals surface area contributed by atoms with E-state index in [-0.39, 0.29) is 5.60 Å². The summed E-state index contributed by atoms with van der Waals surface area (Å²) in [6.07, 6.45) is 5.05. The first-order valence-electron chi connectivity index (χ1n) is 5.27. The Hall–Kier alpha value is -0.0400. The Morgan fingerprint density at radius 2 is 2.00 bits per heavy atom. The molecule has 1 rings (SSSR count). The van der Waals surface area contributed by atoms with Crippen LogP contribution < -0.4 is 0 Å². The van der Waals surface area contributed by atoms with Gasteiger partial charge in [0.1, 0.15) is 0 Å². The van der Waals surface area contributed by atoms with Crippen LogP contribution in [-0.4, -0.2) is 12.7 Å². The lowest BCUT2D eigenvalue weighted by molar-refractivity contribution is -0.00999. The molecule has 74 valence electrons. The van der Waals surface area contributed by atoms with Crippen molar-refractivity contribution in [1.82, 2.24) is 0 Å². The highest BCUT2D eigenvalue weighted by Crippen LogP contribution is 2.38. The number of rotatable bonds is 2. The van der Waals surface area contributed by atoms with Gasteiger partial charge < -0.3 is 4.74 Å². The van der Waals surface area contributed by atoms with Crippen LogP contribution in [0.2, 0.25) is 0 Å². The largest absolute Gasteiger partial charge is 0.378 e. The van der Waals surface area contributed by atoms with Gasteiger partial charge in [0.05, 0.1) is 5.60 Å². The first-order valence-corrected chi connectivity index (χ1v) is 5.27. The van der Waals surface area contributed by atoms with Crippen LogP contribution in [0.1, 0.15) is 53.4 Å². The van der Waals surface area contributed by atoms with Gasteiger partial charge in [-0.1, -0.05) is 27.7 Å².